The molecule has 2 N–H and O–H groups in total. The van der Waals surface area contributed by atoms with Crippen molar-refractivity contribution in [2.45, 2.75) is 37.9 Å². The second kappa shape index (κ2) is 8.02. The first kappa shape index (κ1) is 22.5. The number of hydrogen-bond acceptors (Lipinski definition) is 3. The zero-order valence-electron chi connectivity index (χ0n) is 17.4. The summed E-state index contributed by atoms with van der Waals surface area (Å²) >= 11 is 0. The summed E-state index contributed by atoms with van der Waals surface area (Å²) in [6, 6.07) is 6.46. The van der Waals surface area contributed by atoms with Crippen LogP contribution in [0.4, 0.5) is 23.2 Å². The Kier molecular flexibility index (Phi) is 5.47. The van der Waals surface area contributed by atoms with E-state index in [1.807, 2.05) is 6.92 Å². The first-order chi connectivity index (χ1) is 15.5. The van der Waals surface area contributed by atoms with Gasteiger partial charge in [-0.3, -0.25) is 9.48 Å². The third kappa shape index (κ3) is 4.20. The Morgan fingerprint density at radius 2 is 1.91 bits per heavy atom. The number of carbonyl (C=O) groups is 2. The Morgan fingerprint density at radius 3 is 2.45 bits per heavy atom. The molecule has 0 aliphatic heterocycles. The lowest BCUT2D eigenvalue weighted by Crippen LogP contribution is -2.29. The number of benzene rings is 2. The molecule has 3 aromatic rings. The zero-order valence-corrected chi connectivity index (χ0v) is 17.4. The van der Waals surface area contributed by atoms with Gasteiger partial charge in [-0.15, -0.1) is 0 Å². The van der Waals surface area contributed by atoms with Crippen LogP contribution < -0.4 is 5.32 Å². The fraction of sp³-hybridized carbons (Fsp3) is 0.261. The maximum absolute atomic E-state index is 14.5. The number of amides is 1. The Morgan fingerprint density at radius 1 is 1.18 bits per heavy atom. The minimum Gasteiger partial charge on any atom is -0.478 e. The molecule has 1 fully saturated rings. The summed E-state index contributed by atoms with van der Waals surface area (Å²) in [5.41, 5.74) is -1.41. The Balaban J connectivity index is 1.61. The van der Waals surface area contributed by atoms with E-state index in [0.717, 1.165) is 12.1 Å². The highest BCUT2D eigenvalue weighted by Crippen LogP contribution is 2.50. The van der Waals surface area contributed by atoms with Gasteiger partial charge in [0.2, 0.25) is 5.91 Å². The molecule has 0 spiro atoms. The lowest BCUT2D eigenvalue weighted by Gasteiger charge is -2.18. The second-order valence-corrected chi connectivity index (χ2v) is 7.88. The number of nitrogens with one attached hydrogen (secondary N) is 1. The predicted molar refractivity (Wildman–Crippen MR) is 111 cm³/mol. The van der Waals surface area contributed by atoms with Crippen molar-refractivity contribution in [3.8, 4) is 11.1 Å². The van der Waals surface area contributed by atoms with E-state index >= 15 is 0 Å². The number of aryl methyl sites for hydroxylation is 1. The van der Waals surface area contributed by atoms with Gasteiger partial charge in [-0.25, -0.2) is 9.18 Å². The number of halogens is 4. The summed E-state index contributed by atoms with van der Waals surface area (Å²) in [4.78, 5) is 24.8. The van der Waals surface area contributed by atoms with Gasteiger partial charge < -0.3 is 10.4 Å². The molecule has 1 aliphatic carbocycles. The predicted octanol–water partition coefficient (Wildman–Crippen LogP) is 5.10. The largest absolute Gasteiger partial charge is 0.478 e. The van der Waals surface area contributed by atoms with Crippen LogP contribution in [0.3, 0.4) is 0 Å². The van der Waals surface area contributed by atoms with Crippen LogP contribution in [-0.2, 0) is 22.9 Å². The van der Waals surface area contributed by atoms with E-state index in [-0.39, 0.29) is 29.7 Å². The zero-order chi connectivity index (χ0) is 24.0. The molecule has 0 bridgehead atoms. The topological polar surface area (TPSA) is 84.2 Å². The number of alkyl halides is 3. The highest BCUT2D eigenvalue weighted by atomic mass is 19.4. The molecule has 0 atom stereocenters. The highest BCUT2D eigenvalue weighted by Gasteiger charge is 2.53. The molecule has 1 saturated carbocycles. The summed E-state index contributed by atoms with van der Waals surface area (Å²) in [7, 11) is 0. The molecule has 6 nitrogen and oxygen atoms in total. The fourth-order valence-corrected chi connectivity index (χ4v) is 3.80. The molecular weight excluding hydrogens is 442 g/mol. The van der Waals surface area contributed by atoms with Crippen LogP contribution in [0.1, 0.15) is 41.3 Å². The molecule has 33 heavy (non-hydrogen) atoms. The number of aromatic nitrogens is 2. The van der Waals surface area contributed by atoms with E-state index in [9.17, 15) is 32.3 Å². The maximum atomic E-state index is 14.5. The van der Waals surface area contributed by atoms with Crippen molar-refractivity contribution >= 4 is 17.6 Å². The van der Waals surface area contributed by atoms with Crippen LogP contribution in [0, 0.1) is 5.82 Å². The molecule has 0 saturated heterocycles. The highest BCUT2D eigenvalue weighted by molar-refractivity contribution is 6.03. The van der Waals surface area contributed by atoms with Gasteiger partial charge in [-0.1, -0.05) is 12.1 Å². The summed E-state index contributed by atoms with van der Waals surface area (Å²) in [5, 5.41) is 16.4. The standard InChI is InChI=1S/C23H19F4N3O3/c1-2-30-12-13(11-28-30)16-5-4-15(10-17(16)20(31)32)29-21(33)22(7-8-22)18-6-3-14(9-19(18)24)23(25,26)27/h3-6,9-12H,2,7-8H2,1H3,(H,29,33)(H,31,32). The number of anilines is 1. The lowest BCUT2D eigenvalue weighted by molar-refractivity contribution is -0.137. The third-order valence-corrected chi connectivity index (χ3v) is 5.77. The summed E-state index contributed by atoms with van der Waals surface area (Å²) < 4.78 is 54.7. The third-order valence-electron chi connectivity index (χ3n) is 5.77. The van der Waals surface area contributed by atoms with Crippen LogP contribution in [0.15, 0.2) is 48.8 Å². The fourth-order valence-electron chi connectivity index (χ4n) is 3.80. The molecule has 1 amide bonds. The smallest absolute Gasteiger partial charge is 0.416 e. The molecule has 1 aromatic heterocycles. The van der Waals surface area contributed by atoms with Gasteiger partial charge >= 0.3 is 12.1 Å². The van der Waals surface area contributed by atoms with E-state index in [1.54, 1.807) is 10.9 Å². The van der Waals surface area contributed by atoms with Crippen molar-refractivity contribution in [2.24, 2.45) is 0 Å². The van der Waals surface area contributed by atoms with E-state index < -0.39 is 34.8 Å². The number of aromatic carboxylic acids is 1. The maximum Gasteiger partial charge on any atom is 0.416 e. The van der Waals surface area contributed by atoms with E-state index in [0.29, 0.717) is 23.7 Å². The molecular formula is C23H19F4N3O3. The summed E-state index contributed by atoms with van der Waals surface area (Å²) in [6.07, 6.45) is -0.925. The summed E-state index contributed by atoms with van der Waals surface area (Å²) in [5.74, 6) is -2.92. The van der Waals surface area contributed by atoms with Crippen LogP contribution in [-0.4, -0.2) is 26.8 Å². The number of nitrogens with zero attached hydrogens (tertiary/aromatic N) is 2. The molecule has 0 radical (unpaired) electrons. The molecule has 4 rings (SSSR count). The number of rotatable bonds is 6. The van der Waals surface area contributed by atoms with Gasteiger partial charge in [0.1, 0.15) is 5.82 Å². The Bertz CT molecular complexity index is 1250. The van der Waals surface area contributed by atoms with Gasteiger partial charge in [0.25, 0.3) is 0 Å². The van der Waals surface area contributed by atoms with Crippen LogP contribution in [0.25, 0.3) is 11.1 Å². The average Bonchev–Trinajstić information content (AvgIpc) is 3.43. The molecule has 0 unspecified atom stereocenters. The first-order valence-electron chi connectivity index (χ1n) is 10.1. The second-order valence-electron chi connectivity index (χ2n) is 7.88. The van der Waals surface area contributed by atoms with Crippen molar-refractivity contribution in [2.75, 3.05) is 5.32 Å². The van der Waals surface area contributed by atoms with E-state index in [1.165, 1.54) is 24.4 Å². The number of carboxylic acids is 1. The van der Waals surface area contributed by atoms with Crippen molar-refractivity contribution in [1.82, 2.24) is 9.78 Å². The van der Waals surface area contributed by atoms with Gasteiger partial charge in [0, 0.05) is 29.6 Å². The molecule has 1 aliphatic rings. The van der Waals surface area contributed by atoms with E-state index in [2.05, 4.69) is 10.4 Å². The number of carboxylic acid groups (broad SMARTS) is 1. The number of hydrogen-bond donors (Lipinski definition) is 2. The minimum absolute atomic E-state index is 0.0611. The van der Waals surface area contributed by atoms with E-state index in [4.69, 9.17) is 0 Å². The molecule has 10 heteroatoms. The normalized spacial score (nSPS) is 14.7. The van der Waals surface area contributed by atoms with Gasteiger partial charge in [-0.05, 0) is 49.6 Å². The van der Waals surface area contributed by atoms with Crippen LogP contribution >= 0.6 is 0 Å². The van der Waals surface area contributed by atoms with Crippen molar-refractivity contribution in [3.05, 3.63) is 71.3 Å². The average molecular weight is 461 g/mol. The molecule has 2 aromatic carbocycles. The van der Waals surface area contributed by atoms with Gasteiger partial charge in [0.05, 0.1) is 22.7 Å². The van der Waals surface area contributed by atoms with Crippen molar-refractivity contribution in [1.29, 1.82) is 0 Å². The van der Waals surface area contributed by atoms with Crippen LogP contribution in [0.2, 0.25) is 0 Å². The van der Waals surface area contributed by atoms with Gasteiger partial charge in [-0.2, -0.15) is 18.3 Å². The monoisotopic (exact) mass is 461 g/mol. The summed E-state index contributed by atoms with van der Waals surface area (Å²) in [6.45, 7) is 2.50. The first-order valence-corrected chi connectivity index (χ1v) is 10.1. The Hall–Kier alpha value is -3.69. The van der Waals surface area contributed by atoms with Crippen molar-refractivity contribution in [3.63, 3.8) is 0 Å². The lowest BCUT2D eigenvalue weighted by atomic mass is 9.93. The number of carbonyl (C=O) groups excluding carboxylic acids is 1. The molecule has 1 heterocycles. The van der Waals surface area contributed by atoms with Crippen LogP contribution in [0.5, 0.6) is 0 Å². The quantitative estimate of drug-likeness (QED) is 0.501. The Labute approximate surface area is 185 Å². The SMILES string of the molecule is CCn1cc(-c2ccc(NC(=O)C3(c4ccc(C(F)(F)F)cc4F)CC3)cc2C(=O)O)cn1. The van der Waals surface area contributed by atoms with Crippen molar-refractivity contribution < 1.29 is 32.3 Å². The van der Waals surface area contributed by atoms with Gasteiger partial charge in [0.15, 0.2) is 0 Å². The molecule has 172 valence electrons. The minimum atomic E-state index is -4.69.